The maximum atomic E-state index is 11.6. The molecule has 2 aliphatic rings. The molecule has 2 fully saturated rings. The van der Waals surface area contributed by atoms with Crippen molar-refractivity contribution in [2.24, 2.45) is 5.92 Å². The van der Waals surface area contributed by atoms with Gasteiger partial charge < -0.3 is 9.64 Å². The lowest BCUT2D eigenvalue weighted by atomic mass is 10.1. The van der Waals surface area contributed by atoms with Crippen LogP contribution in [0.3, 0.4) is 0 Å². The minimum Gasteiger partial charge on any atom is -0.379 e. The lowest BCUT2D eigenvalue weighted by Gasteiger charge is -2.31. The van der Waals surface area contributed by atoms with Gasteiger partial charge in [0.1, 0.15) is 0 Å². The van der Waals surface area contributed by atoms with E-state index in [1.54, 1.807) is 0 Å². The number of nitrogens with zero attached hydrogens (tertiary/aromatic N) is 1. The molecule has 0 bridgehead atoms. The summed E-state index contributed by atoms with van der Waals surface area (Å²) in [6.45, 7) is 4.70. The van der Waals surface area contributed by atoms with Crippen molar-refractivity contribution in [3.63, 3.8) is 0 Å². The Morgan fingerprint density at radius 3 is 2.92 bits per heavy atom. The highest BCUT2D eigenvalue weighted by molar-refractivity contribution is 5.78. The number of rotatable bonds is 1. The Labute approximate surface area is 79.0 Å². The Balaban J connectivity index is 1.95. The Morgan fingerprint density at radius 2 is 2.38 bits per heavy atom. The second-order valence-corrected chi connectivity index (χ2v) is 4.23. The molecular formula is C10H17NO2. The summed E-state index contributed by atoms with van der Waals surface area (Å²) >= 11 is 0. The third-order valence-electron chi connectivity index (χ3n) is 2.93. The second-order valence-electron chi connectivity index (χ2n) is 4.23. The first kappa shape index (κ1) is 9.00. The fourth-order valence-corrected chi connectivity index (χ4v) is 2.24. The molecule has 0 aromatic rings. The maximum Gasteiger partial charge on any atom is 0.223 e. The molecule has 0 aromatic heterocycles. The zero-order valence-corrected chi connectivity index (χ0v) is 8.16. The Morgan fingerprint density at radius 1 is 1.54 bits per heavy atom. The van der Waals surface area contributed by atoms with Crippen LogP contribution in [0.15, 0.2) is 0 Å². The third-order valence-corrected chi connectivity index (χ3v) is 2.93. The van der Waals surface area contributed by atoms with Crippen LogP contribution in [-0.2, 0) is 9.53 Å². The van der Waals surface area contributed by atoms with Crippen molar-refractivity contribution < 1.29 is 9.53 Å². The number of amides is 1. The van der Waals surface area contributed by atoms with Gasteiger partial charge in [-0.1, -0.05) is 6.92 Å². The van der Waals surface area contributed by atoms with Crippen molar-refractivity contribution in [2.75, 3.05) is 19.8 Å². The first-order chi connectivity index (χ1) is 6.27. The lowest BCUT2D eigenvalue weighted by molar-refractivity contribution is -0.132. The number of carbonyl (C=O) groups excluding carboxylic acids is 1. The fourth-order valence-electron chi connectivity index (χ4n) is 2.24. The molecule has 0 radical (unpaired) electrons. The van der Waals surface area contributed by atoms with Crippen LogP contribution in [0, 0.1) is 5.92 Å². The minimum absolute atomic E-state index is 0.322. The molecule has 2 saturated heterocycles. The fraction of sp³-hybridized carbons (Fsp3) is 0.900. The predicted octanol–water partition coefficient (Wildman–Crippen LogP) is 1.03. The molecule has 2 rings (SSSR count). The van der Waals surface area contributed by atoms with E-state index in [1.165, 1.54) is 0 Å². The number of hydrogen-bond acceptors (Lipinski definition) is 2. The normalized spacial score (nSPS) is 35.5. The van der Waals surface area contributed by atoms with Crippen LogP contribution in [0.5, 0.6) is 0 Å². The molecule has 2 aliphatic heterocycles. The maximum absolute atomic E-state index is 11.6. The van der Waals surface area contributed by atoms with Crippen molar-refractivity contribution in [1.82, 2.24) is 4.90 Å². The highest BCUT2D eigenvalue weighted by Gasteiger charge is 2.32. The van der Waals surface area contributed by atoms with Crippen molar-refractivity contribution in [3.05, 3.63) is 0 Å². The summed E-state index contributed by atoms with van der Waals surface area (Å²) in [6, 6.07) is 0.367. The summed E-state index contributed by atoms with van der Waals surface area (Å²) in [6.07, 6.45) is 2.96. The van der Waals surface area contributed by atoms with Gasteiger partial charge in [0.05, 0.1) is 12.6 Å². The lowest BCUT2D eigenvalue weighted by Crippen LogP contribution is -2.41. The van der Waals surface area contributed by atoms with Gasteiger partial charge in [-0.3, -0.25) is 4.79 Å². The van der Waals surface area contributed by atoms with E-state index in [9.17, 15) is 4.79 Å². The van der Waals surface area contributed by atoms with Crippen molar-refractivity contribution in [3.8, 4) is 0 Å². The van der Waals surface area contributed by atoms with Crippen LogP contribution < -0.4 is 0 Å². The zero-order valence-electron chi connectivity index (χ0n) is 8.16. The molecule has 0 saturated carbocycles. The molecule has 2 atom stereocenters. The SMILES string of the molecule is CC1CC(=O)N([C@@H]2CCCOC2)C1. The average Bonchev–Trinajstić information content (AvgIpc) is 2.47. The van der Waals surface area contributed by atoms with Gasteiger partial charge in [-0.25, -0.2) is 0 Å². The quantitative estimate of drug-likeness (QED) is 0.607. The molecule has 74 valence electrons. The molecule has 3 heteroatoms. The number of ether oxygens (including phenoxy) is 1. The van der Waals surface area contributed by atoms with E-state index in [0.29, 0.717) is 17.9 Å². The van der Waals surface area contributed by atoms with Gasteiger partial charge in [-0.05, 0) is 18.8 Å². The monoisotopic (exact) mass is 183 g/mol. The van der Waals surface area contributed by atoms with E-state index < -0.39 is 0 Å². The summed E-state index contributed by atoms with van der Waals surface area (Å²) < 4.78 is 5.38. The molecule has 0 N–H and O–H groups in total. The molecule has 0 aromatic carbocycles. The highest BCUT2D eigenvalue weighted by Crippen LogP contribution is 2.23. The van der Waals surface area contributed by atoms with E-state index in [-0.39, 0.29) is 0 Å². The van der Waals surface area contributed by atoms with E-state index in [1.807, 2.05) is 4.90 Å². The van der Waals surface area contributed by atoms with E-state index >= 15 is 0 Å². The molecule has 0 spiro atoms. The van der Waals surface area contributed by atoms with Gasteiger partial charge in [-0.2, -0.15) is 0 Å². The molecule has 13 heavy (non-hydrogen) atoms. The van der Waals surface area contributed by atoms with Gasteiger partial charge in [0.15, 0.2) is 0 Å². The Bertz CT molecular complexity index is 199. The summed E-state index contributed by atoms with van der Waals surface area (Å²) in [5.74, 6) is 0.859. The van der Waals surface area contributed by atoms with Crippen LogP contribution in [0.25, 0.3) is 0 Å². The van der Waals surface area contributed by atoms with Crippen LogP contribution in [0.1, 0.15) is 26.2 Å². The third kappa shape index (κ3) is 1.85. The smallest absolute Gasteiger partial charge is 0.223 e. The molecule has 2 heterocycles. The van der Waals surface area contributed by atoms with Crippen LogP contribution >= 0.6 is 0 Å². The van der Waals surface area contributed by atoms with E-state index in [4.69, 9.17) is 4.74 Å². The van der Waals surface area contributed by atoms with Crippen molar-refractivity contribution in [1.29, 1.82) is 0 Å². The first-order valence-corrected chi connectivity index (χ1v) is 5.14. The molecule has 3 nitrogen and oxygen atoms in total. The van der Waals surface area contributed by atoms with Gasteiger partial charge in [0, 0.05) is 19.6 Å². The van der Waals surface area contributed by atoms with Gasteiger partial charge in [-0.15, -0.1) is 0 Å². The zero-order chi connectivity index (χ0) is 9.26. The number of likely N-dealkylation sites (tertiary alicyclic amines) is 1. The summed E-state index contributed by atoms with van der Waals surface area (Å²) in [7, 11) is 0. The minimum atomic E-state index is 0.322. The average molecular weight is 183 g/mol. The highest BCUT2D eigenvalue weighted by atomic mass is 16.5. The summed E-state index contributed by atoms with van der Waals surface area (Å²) in [4.78, 5) is 13.6. The second kappa shape index (κ2) is 3.66. The van der Waals surface area contributed by atoms with E-state index in [0.717, 1.165) is 39.0 Å². The summed E-state index contributed by atoms with van der Waals surface area (Å²) in [5, 5.41) is 0. The number of carbonyl (C=O) groups is 1. The van der Waals surface area contributed by atoms with Crippen molar-refractivity contribution in [2.45, 2.75) is 32.2 Å². The van der Waals surface area contributed by atoms with Gasteiger partial charge >= 0.3 is 0 Å². The van der Waals surface area contributed by atoms with Crippen LogP contribution in [0.2, 0.25) is 0 Å². The van der Waals surface area contributed by atoms with Crippen LogP contribution in [0.4, 0.5) is 0 Å². The van der Waals surface area contributed by atoms with Crippen LogP contribution in [-0.4, -0.2) is 36.6 Å². The standard InChI is InChI=1S/C10H17NO2/c1-8-5-10(12)11(6-8)9-3-2-4-13-7-9/h8-9H,2-7H2,1H3/t8?,9-/m1/s1. The Kier molecular flexibility index (Phi) is 2.54. The molecular weight excluding hydrogens is 166 g/mol. The molecule has 1 unspecified atom stereocenters. The van der Waals surface area contributed by atoms with Crippen molar-refractivity contribution >= 4 is 5.91 Å². The van der Waals surface area contributed by atoms with E-state index in [2.05, 4.69) is 6.92 Å². The predicted molar refractivity (Wildman–Crippen MR) is 49.3 cm³/mol. The topological polar surface area (TPSA) is 29.5 Å². The molecule has 1 amide bonds. The van der Waals surface area contributed by atoms with Gasteiger partial charge in [0.25, 0.3) is 0 Å². The summed E-state index contributed by atoms with van der Waals surface area (Å²) in [5.41, 5.74) is 0. The first-order valence-electron chi connectivity index (χ1n) is 5.14. The van der Waals surface area contributed by atoms with Gasteiger partial charge in [0.2, 0.25) is 5.91 Å². The largest absolute Gasteiger partial charge is 0.379 e. The molecule has 0 aliphatic carbocycles. The number of hydrogen-bond donors (Lipinski definition) is 0. The Hall–Kier alpha value is -0.570.